The van der Waals surface area contributed by atoms with E-state index < -0.39 is 11.3 Å². The first kappa shape index (κ1) is 20.0. The lowest BCUT2D eigenvalue weighted by atomic mass is 9.68. The second-order valence-electron chi connectivity index (χ2n) is 8.06. The van der Waals surface area contributed by atoms with Crippen LogP contribution in [0.3, 0.4) is 0 Å². The van der Waals surface area contributed by atoms with Crippen molar-refractivity contribution in [1.82, 2.24) is 4.90 Å². The molecule has 3 aromatic carbocycles. The Labute approximate surface area is 177 Å². The molecule has 4 heteroatoms. The second-order valence-corrected chi connectivity index (χ2v) is 8.06. The molecule has 1 amide bonds. The van der Waals surface area contributed by atoms with Crippen LogP contribution < -0.4 is 4.74 Å². The topological polar surface area (TPSA) is 53.3 Å². The summed E-state index contributed by atoms with van der Waals surface area (Å²) in [5.74, 6) is 0.121. The van der Waals surface area contributed by atoms with Gasteiger partial charge in [0.15, 0.2) is 0 Å². The lowest BCUT2D eigenvalue weighted by molar-refractivity contribution is -0.137. The Bertz CT molecular complexity index is 1110. The summed E-state index contributed by atoms with van der Waals surface area (Å²) in [5.41, 5.74) is 0.561. The third-order valence-corrected chi connectivity index (χ3v) is 6.23. The summed E-state index contributed by atoms with van der Waals surface area (Å²) in [6.45, 7) is 3.21. The van der Waals surface area contributed by atoms with Gasteiger partial charge in [0.25, 0.3) is 0 Å². The summed E-state index contributed by atoms with van der Waals surface area (Å²) < 4.78 is 5.67. The van der Waals surface area contributed by atoms with E-state index in [1.165, 1.54) is 0 Å². The Hall–Kier alpha value is -3.32. The molecular formula is C26H26N2O2. The molecule has 0 saturated carbocycles. The molecule has 4 rings (SSSR count). The highest BCUT2D eigenvalue weighted by atomic mass is 16.5. The number of amides is 1. The van der Waals surface area contributed by atoms with Crippen LogP contribution in [0.2, 0.25) is 0 Å². The van der Waals surface area contributed by atoms with Gasteiger partial charge in [-0.1, -0.05) is 60.7 Å². The van der Waals surface area contributed by atoms with Crippen molar-refractivity contribution in [2.24, 2.45) is 5.41 Å². The number of carbonyl (C=O) groups excluding carboxylic acids is 1. The Morgan fingerprint density at radius 1 is 1.00 bits per heavy atom. The number of nitrogens with zero attached hydrogens (tertiary/aromatic N) is 2. The van der Waals surface area contributed by atoms with Gasteiger partial charge in [0.05, 0.1) is 13.2 Å². The van der Waals surface area contributed by atoms with E-state index in [4.69, 9.17) is 4.74 Å². The van der Waals surface area contributed by atoms with Gasteiger partial charge in [-0.2, -0.15) is 5.26 Å². The van der Waals surface area contributed by atoms with Crippen molar-refractivity contribution in [3.8, 4) is 11.8 Å². The molecule has 4 nitrogen and oxygen atoms in total. The molecular weight excluding hydrogens is 372 g/mol. The van der Waals surface area contributed by atoms with Gasteiger partial charge >= 0.3 is 0 Å². The number of ether oxygens (including phenoxy) is 1. The first-order valence-corrected chi connectivity index (χ1v) is 10.4. The van der Waals surface area contributed by atoms with E-state index in [-0.39, 0.29) is 5.91 Å². The average molecular weight is 399 g/mol. The molecule has 1 aliphatic rings. The van der Waals surface area contributed by atoms with Gasteiger partial charge in [-0.25, -0.2) is 0 Å². The van der Waals surface area contributed by atoms with E-state index >= 15 is 0 Å². The zero-order valence-electron chi connectivity index (χ0n) is 17.5. The highest BCUT2D eigenvalue weighted by molar-refractivity contribution is 5.91. The van der Waals surface area contributed by atoms with Crippen LogP contribution in [-0.2, 0) is 4.79 Å². The van der Waals surface area contributed by atoms with Crippen LogP contribution in [0.25, 0.3) is 10.8 Å². The maximum Gasteiger partial charge on any atom is 0.243 e. The molecule has 0 radical (unpaired) electrons. The van der Waals surface area contributed by atoms with Gasteiger partial charge in [-0.15, -0.1) is 0 Å². The molecule has 1 saturated heterocycles. The average Bonchev–Trinajstić information content (AvgIpc) is 3.34. The van der Waals surface area contributed by atoms with Gasteiger partial charge < -0.3 is 9.64 Å². The summed E-state index contributed by atoms with van der Waals surface area (Å²) in [4.78, 5) is 15.5. The van der Waals surface area contributed by atoms with E-state index in [2.05, 4.69) is 24.3 Å². The van der Waals surface area contributed by atoms with Crippen LogP contribution in [0.1, 0.15) is 36.8 Å². The van der Waals surface area contributed by atoms with Crippen molar-refractivity contribution >= 4 is 16.7 Å². The predicted octanol–water partition coefficient (Wildman–Crippen LogP) is 5.13. The van der Waals surface area contributed by atoms with Crippen LogP contribution >= 0.6 is 0 Å². The Balaban J connectivity index is 1.98. The van der Waals surface area contributed by atoms with E-state index in [0.29, 0.717) is 18.8 Å². The van der Waals surface area contributed by atoms with Gasteiger partial charge in [0.1, 0.15) is 11.2 Å². The first-order valence-electron chi connectivity index (χ1n) is 10.4. The fourth-order valence-corrected chi connectivity index (χ4v) is 4.68. The molecule has 0 spiro atoms. The second kappa shape index (κ2) is 8.20. The Morgan fingerprint density at radius 3 is 2.37 bits per heavy atom. The number of hydrogen-bond acceptors (Lipinski definition) is 3. The smallest absolute Gasteiger partial charge is 0.243 e. The standard InChI is InChI=1S/C26H26N2O2/c1-26(18-27,25(29)28-16-7-8-17-28)24(22-13-5-6-15-23(22)30-2)21-14-9-11-19-10-3-4-12-20(19)21/h3-6,9-15,24H,7-8,16-17H2,1-2H3. The van der Waals surface area contributed by atoms with Gasteiger partial charge in [-0.05, 0) is 42.2 Å². The van der Waals surface area contributed by atoms with E-state index in [0.717, 1.165) is 34.7 Å². The summed E-state index contributed by atoms with van der Waals surface area (Å²) in [7, 11) is 1.63. The monoisotopic (exact) mass is 398 g/mol. The van der Waals surface area contributed by atoms with Crippen molar-refractivity contribution in [3.63, 3.8) is 0 Å². The maximum absolute atomic E-state index is 13.7. The predicted molar refractivity (Wildman–Crippen MR) is 118 cm³/mol. The van der Waals surface area contributed by atoms with Crippen LogP contribution in [0.15, 0.2) is 66.7 Å². The summed E-state index contributed by atoms with van der Waals surface area (Å²) >= 11 is 0. The van der Waals surface area contributed by atoms with E-state index in [9.17, 15) is 10.1 Å². The van der Waals surface area contributed by atoms with E-state index in [1.807, 2.05) is 53.4 Å². The molecule has 30 heavy (non-hydrogen) atoms. The highest BCUT2D eigenvalue weighted by Crippen LogP contribution is 2.47. The quantitative estimate of drug-likeness (QED) is 0.598. The minimum Gasteiger partial charge on any atom is -0.496 e. The van der Waals surface area contributed by atoms with Crippen LogP contribution in [0.4, 0.5) is 0 Å². The minimum atomic E-state index is -1.26. The molecule has 2 atom stereocenters. The fraction of sp³-hybridized carbons (Fsp3) is 0.308. The van der Waals surface area contributed by atoms with Crippen LogP contribution in [-0.4, -0.2) is 31.0 Å². The third kappa shape index (κ3) is 3.31. The molecule has 152 valence electrons. The number of methoxy groups -OCH3 is 1. The zero-order valence-corrected chi connectivity index (χ0v) is 17.5. The first-order chi connectivity index (χ1) is 14.6. The molecule has 1 fully saturated rings. The van der Waals surface area contributed by atoms with Crippen LogP contribution in [0, 0.1) is 16.7 Å². The zero-order chi connectivity index (χ0) is 21.1. The van der Waals surface area contributed by atoms with Crippen molar-refractivity contribution in [1.29, 1.82) is 5.26 Å². The lowest BCUT2D eigenvalue weighted by Crippen LogP contribution is -2.44. The molecule has 0 bridgehead atoms. The normalized spacial score (nSPS) is 16.6. The number of para-hydroxylation sites is 1. The highest BCUT2D eigenvalue weighted by Gasteiger charge is 2.47. The summed E-state index contributed by atoms with van der Waals surface area (Å²) in [5, 5.41) is 12.5. The Kier molecular flexibility index (Phi) is 5.46. The molecule has 0 aliphatic carbocycles. The molecule has 1 aliphatic heterocycles. The lowest BCUT2D eigenvalue weighted by Gasteiger charge is -2.35. The van der Waals surface area contributed by atoms with Gasteiger partial charge in [0.2, 0.25) is 5.91 Å². The molecule has 2 unspecified atom stereocenters. The van der Waals surface area contributed by atoms with Gasteiger partial charge in [0, 0.05) is 24.6 Å². The summed E-state index contributed by atoms with van der Waals surface area (Å²) in [6, 6.07) is 24.3. The van der Waals surface area contributed by atoms with E-state index in [1.54, 1.807) is 14.0 Å². The van der Waals surface area contributed by atoms with Crippen molar-refractivity contribution in [3.05, 3.63) is 77.9 Å². The van der Waals surface area contributed by atoms with Crippen molar-refractivity contribution < 1.29 is 9.53 Å². The molecule has 0 N–H and O–H groups in total. The SMILES string of the molecule is COc1ccccc1C(c1cccc2ccccc12)C(C)(C#N)C(=O)N1CCCC1. The maximum atomic E-state index is 13.7. The molecule has 1 heterocycles. The van der Waals surface area contributed by atoms with Crippen molar-refractivity contribution in [2.75, 3.05) is 20.2 Å². The molecule has 0 aromatic heterocycles. The van der Waals surface area contributed by atoms with Crippen molar-refractivity contribution in [2.45, 2.75) is 25.7 Å². The number of benzene rings is 3. The van der Waals surface area contributed by atoms with Crippen LogP contribution in [0.5, 0.6) is 5.75 Å². The minimum absolute atomic E-state index is 0.105. The largest absolute Gasteiger partial charge is 0.496 e. The third-order valence-electron chi connectivity index (χ3n) is 6.23. The number of carbonyl (C=O) groups is 1. The molecule has 3 aromatic rings. The number of nitriles is 1. The number of hydrogen-bond donors (Lipinski definition) is 0. The summed E-state index contributed by atoms with van der Waals surface area (Å²) in [6.07, 6.45) is 1.97. The van der Waals surface area contributed by atoms with Gasteiger partial charge in [-0.3, -0.25) is 4.79 Å². The number of fused-ring (bicyclic) bond motifs is 1. The fourth-order valence-electron chi connectivity index (χ4n) is 4.68. The number of rotatable bonds is 5. The number of likely N-dealkylation sites (tertiary alicyclic amines) is 1. The Morgan fingerprint density at radius 2 is 1.63 bits per heavy atom.